The second kappa shape index (κ2) is 13.9. The molecule has 1 saturated heterocycles. The average Bonchev–Trinajstić information content (AvgIpc) is 3.94. The number of rotatable bonds is 14. The molecule has 1 heterocycles. The molecule has 2 bridgehead atoms. The Morgan fingerprint density at radius 1 is 0.851 bits per heavy atom. The Morgan fingerprint density at radius 3 is 2.04 bits per heavy atom. The Morgan fingerprint density at radius 2 is 1.47 bits per heavy atom. The van der Waals surface area contributed by atoms with Crippen molar-refractivity contribution in [3.05, 3.63) is 137 Å². The van der Waals surface area contributed by atoms with Gasteiger partial charge in [-0.15, -0.1) is 0 Å². The fourth-order valence-corrected chi connectivity index (χ4v) is 8.69. The summed E-state index contributed by atoms with van der Waals surface area (Å²) in [6, 6.07) is 38.0. The van der Waals surface area contributed by atoms with Gasteiger partial charge in [0.2, 0.25) is 0 Å². The monoisotopic (exact) mass is 630 g/mol. The van der Waals surface area contributed by atoms with Gasteiger partial charge in [-0.3, -0.25) is 9.80 Å². The first-order valence-electron chi connectivity index (χ1n) is 17.7. The first-order valence-corrected chi connectivity index (χ1v) is 17.7. The smallest absolute Gasteiger partial charge is 0.120 e. The molecule has 4 aromatic rings. The van der Waals surface area contributed by atoms with Gasteiger partial charge in [-0.1, -0.05) is 104 Å². The van der Waals surface area contributed by atoms with Gasteiger partial charge in [0, 0.05) is 37.1 Å². The number of hydrogen-bond donors (Lipinski definition) is 2. The first-order chi connectivity index (χ1) is 23.0. The molecule has 5 heteroatoms. The molecule has 0 aromatic heterocycles. The van der Waals surface area contributed by atoms with Crippen molar-refractivity contribution in [1.82, 2.24) is 9.80 Å². The molecule has 2 aliphatic carbocycles. The second-order valence-electron chi connectivity index (χ2n) is 14.3. The number of nitrogens with zero attached hydrogens (tertiary/aromatic N) is 2. The van der Waals surface area contributed by atoms with Crippen LogP contribution < -0.4 is 4.74 Å². The highest BCUT2D eigenvalue weighted by Gasteiger charge is 2.62. The van der Waals surface area contributed by atoms with Crippen molar-refractivity contribution < 1.29 is 14.9 Å². The van der Waals surface area contributed by atoms with Crippen LogP contribution in [0, 0.1) is 5.92 Å². The second-order valence-corrected chi connectivity index (χ2v) is 14.3. The van der Waals surface area contributed by atoms with Gasteiger partial charge in [-0.25, -0.2) is 0 Å². The lowest BCUT2D eigenvalue weighted by atomic mass is 9.51. The van der Waals surface area contributed by atoms with Crippen LogP contribution in [0.1, 0.15) is 66.8 Å². The van der Waals surface area contributed by atoms with Gasteiger partial charge in [0.25, 0.3) is 0 Å². The molecule has 2 N–H and O–H groups in total. The number of ether oxygens (including phenoxy) is 1. The van der Waals surface area contributed by atoms with E-state index in [1.807, 2.05) is 18.2 Å². The lowest BCUT2D eigenvalue weighted by molar-refractivity contribution is -0.158. The van der Waals surface area contributed by atoms with Crippen molar-refractivity contribution >= 4 is 0 Å². The van der Waals surface area contributed by atoms with Crippen LogP contribution in [0.3, 0.4) is 0 Å². The van der Waals surface area contributed by atoms with Crippen molar-refractivity contribution in [2.24, 2.45) is 5.92 Å². The van der Waals surface area contributed by atoms with Crippen LogP contribution in [0.4, 0.5) is 0 Å². The number of likely N-dealkylation sites (tertiary alicyclic amines) is 1. The lowest BCUT2D eigenvalue weighted by Crippen LogP contribution is -2.72. The molecule has 1 saturated carbocycles. The summed E-state index contributed by atoms with van der Waals surface area (Å²) in [7, 11) is 0. The molecular weight excluding hydrogens is 580 g/mol. The van der Waals surface area contributed by atoms with E-state index in [9.17, 15) is 10.2 Å². The number of benzene rings is 4. The SMILES string of the molecule is CCC1(O)C2Cc3ccc(OCc4ccccc4)cc3C1(CC(CO)N(Cc1ccccc1)Cc1ccccc1)CCN2CC1CC1. The predicted octanol–water partition coefficient (Wildman–Crippen LogP) is 7.14. The fraction of sp³-hybridized carbons (Fsp3) is 0.429. The van der Waals surface area contributed by atoms with E-state index in [-0.39, 0.29) is 18.7 Å². The molecule has 7 rings (SSSR count). The first kappa shape index (κ1) is 32.1. The van der Waals surface area contributed by atoms with Gasteiger partial charge in [0.15, 0.2) is 0 Å². The Kier molecular flexibility index (Phi) is 9.51. The van der Waals surface area contributed by atoms with E-state index in [1.165, 1.54) is 35.1 Å². The molecule has 4 atom stereocenters. The third-order valence-corrected chi connectivity index (χ3v) is 11.4. The normalized spacial score (nSPS) is 24.6. The van der Waals surface area contributed by atoms with E-state index in [1.54, 1.807) is 0 Å². The van der Waals surface area contributed by atoms with Crippen LogP contribution in [-0.2, 0) is 31.5 Å². The molecule has 2 fully saturated rings. The van der Waals surface area contributed by atoms with Gasteiger partial charge in [-0.2, -0.15) is 0 Å². The van der Waals surface area contributed by atoms with Gasteiger partial charge < -0.3 is 14.9 Å². The summed E-state index contributed by atoms with van der Waals surface area (Å²) in [6.45, 7) is 6.20. The molecule has 0 amide bonds. The maximum absolute atomic E-state index is 13.2. The Bertz CT molecular complexity index is 1550. The van der Waals surface area contributed by atoms with Crippen LogP contribution >= 0.6 is 0 Å². The Hall–Kier alpha value is -3.48. The maximum Gasteiger partial charge on any atom is 0.120 e. The number of piperidine rings is 1. The highest BCUT2D eigenvalue weighted by molar-refractivity contribution is 5.48. The summed E-state index contributed by atoms with van der Waals surface area (Å²) < 4.78 is 6.41. The van der Waals surface area contributed by atoms with Gasteiger partial charge >= 0.3 is 0 Å². The quantitative estimate of drug-likeness (QED) is 0.155. The van der Waals surface area contributed by atoms with E-state index in [0.29, 0.717) is 19.4 Å². The third kappa shape index (κ3) is 6.64. The number of aliphatic hydroxyl groups excluding tert-OH is 1. The summed E-state index contributed by atoms with van der Waals surface area (Å²) in [5, 5.41) is 24.4. The lowest BCUT2D eigenvalue weighted by Gasteiger charge is -2.63. The molecule has 3 aliphatic rings. The summed E-state index contributed by atoms with van der Waals surface area (Å²) in [5.41, 5.74) is 4.67. The van der Waals surface area contributed by atoms with E-state index < -0.39 is 11.0 Å². The van der Waals surface area contributed by atoms with Gasteiger partial charge in [-0.05, 0) is 90.9 Å². The van der Waals surface area contributed by atoms with Crippen molar-refractivity contribution in [1.29, 1.82) is 0 Å². The Labute approximate surface area is 280 Å². The van der Waals surface area contributed by atoms with Crippen molar-refractivity contribution in [3.63, 3.8) is 0 Å². The number of aliphatic hydroxyl groups is 2. The molecule has 0 radical (unpaired) electrons. The average molecular weight is 631 g/mol. The fourth-order valence-electron chi connectivity index (χ4n) is 8.69. The van der Waals surface area contributed by atoms with Crippen molar-refractivity contribution in [3.8, 4) is 5.75 Å². The number of hydrogen-bond acceptors (Lipinski definition) is 5. The third-order valence-electron chi connectivity index (χ3n) is 11.4. The van der Waals surface area contributed by atoms with Gasteiger partial charge in [0.1, 0.15) is 12.4 Å². The van der Waals surface area contributed by atoms with E-state index in [0.717, 1.165) is 56.3 Å². The Balaban J connectivity index is 1.27. The van der Waals surface area contributed by atoms with E-state index >= 15 is 0 Å². The van der Waals surface area contributed by atoms with Crippen LogP contribution in [0.15, 0.2) is 109 Å². The predicted molar refractivity (Wildman–Crippen MR) is 188 cm³/mol. The summed E-state index contributed by atoms with van der Waals surface area (Å²) in [6.07, 6.45) is 5.65. The zero-order chi connectivity index (χ0) is 32.3. The zero-order valence-electron chi connectivity index (χ0n) is 27.8. The molecule has 5 nitrogen and oxygen atoms in total. The largest absolute Gasteiger partial charge is 0.489 e. The van der Waals surface area contributed by atoms with Gasteiger partial charge in [0.05, 0.1) is 12.2 Å². The van der Waals surface area contributed by atoms with Crippen LogP contribution in [0.2, 0.25) is 0 Å². The minimum Gasteiger partial charge on any atom is -0.489 e. The van der Waals surface area contributed by atoms with Crippen LogP contribution in [-0.4, -0.2) is 57.4 Å². The standard InChI is InChI=1S/C42H50N2O3/c1-2-42(46)40-24-36-20-21-38(47-31-35-16-10-5-11-17-35)25-39(36)41(42,22-23-43(40)27-34-18-19-34)26-37(30-45)44(28-32-12-6-3-7-13-32)29-33-14-8-4-9-15-33/h3-17,20-21,25,34,37,40,45-46H,2,18-19,22-24,26-31H2,1H3. The van der Waals surface area contributed by atoms with Crippen LogP contribution in [0.25, 0.3) is 0 Å². The summed E-state index contributed by atoms with van der Waals surface area (Å²) >= 11 is 0. The minimum atomic E-state index is -0.927. The summed E-state index contributed by atoms with van der Waals surface area (Å²) in [4.78, 5) is 5.05. The zero-order valence-corrected chi connectivity index (χ0v) is 27.8. The highest BCUT2D eigenvalue weighted by atomic mass is 16.5. The minimum absolute atomic E-state index is 0.0250. The molecule has 1 aliphatic heterocycles. The summed E-state index contributed by atoms with van der Waals surface area (Å²) in [5.74, 6) is 1.60. The molecular formula is C42H50N2O3. The van der Waals surface area contributed by atoms with E-state index in [4.69, 9.17) is 4.74 Å². The molecule has 246 valence electrons. The highest BCUT2D eigenvalue weighted by Crippen LogP contribution is 2.56. The van der Waals surface area contributed by atoms with Crippen molar-refractivity contribution in [2.45, 2.75) is 88.2 Å². The molecule has 4 aromatic carbocycles. The molecule has 4 unspecified atom stereocenters. The topological polar surface area (TPSA) is 56.2 Å². The van der Waals surface area contributed by atoms with Crippen LogP contribution in [0.5, 0.6) is 5.75 Å². The van der Waals surface area contributed by atoms with E-state index in [2.05, 4.69) is 108 Å². The maximum atomic E-state index is 13.2. The molecule has 47 heavy (non-hydrogen) atoms. The molecule has 0 spiro atoms. The number of fused-ring (bicyclic) bond motifs is 4. The van der Waals surface area contributed by atoms with Crippen molar-refractivity contribution in [2.75, 3.05) is 19.7 Å².